The van der Waals surface area contributed by atoms with Gasteiger partial charge in [-0.05, 0) is 58.1 Å². The van der Waals surface area contributed by atoms with Crippen LogP contribution in [0.25, 0.3) is 5.69 Å². The second-order valence-corrected chi connectivity index (χ2v) is 12.1. The summed E-state index contributed by atoms with van der Waals surface area (Å²) in [5.41, 5.74) is 1.12. The van der Waals surface area contributed by atoms with Gasteiger partial charge < -0.3 is 9.64 Å². The molecule has 1 aromatic heterocycles. The normalized spacial score (nSPS) is 24.0. The Bertz CT molecular complexity index is 1160. The Labute approximate surface area is 195 Å². The summed E-state index contributed by atoms with van der Waals surface area (Å²) < 4.78 is 35.0. The SMILES string of the molecule is CC(C)S(=O)(=O)N1CC2CC1CN2c1cnn(-c2ccccc2)c(=O)c1OC1CCCCC1. The number of ether oxygens (including phenoxy) is 1. The molecule has 0 amide bonds. The highest BCUT2D eigenvalue weighted by Gasteiger charge is 2.49. The highest BCUT2D eigenvalue weighted by atomic mass is 32.2. The molecule has 2 bridgehead atoms. The summed E-state index contributed by atoms with van der Waals surface area (Å²) in [6, 6.07) is 9.30. The van der Waals surface area contributed by atoms with Crippen LogP contribution in [0.5, 0.6) is 5.75 Å². The number of piperazine rings is 1. The Morgan fingerprint density at radius 2 is 1.76 bits per heavy atom. The van der Waals surface area contributed by atoms with Crippen LogP contribution in [-0.4, -0.2) is 59.0 Å². The number of aromatic nitrogens is 2. The summed E-state index contributed by atoms with van der Waals surface area (Å²) in [7, 11) is -3.30. The molecule has 0 spiro atoms. The predicted octanol–water partition coefficient (Wildman–Crippen LogP) is 2.95. The molecule has 0 radical (unpaired) electrons. The lowest BCUT2D eigenvalue weighted by atomic mass is 9.98. The quantitative estimate of drug-likeness (QED) is 0.643. The molecule has 1 aliphatic carbocycles. The van der Waals surface area contributed by atoms with E-state index in [0.29, 0.717) is 30.2 Å². The molecule has 3 aliphatic rings. The minimum absolute atomic E-state index is 0.0195. The number of hydrogen-bond acceptors (Lipinski definition) is 6. The van der Waals surface area contributed by atoms with Gasteiger partial charge in [-0.25, -0.2) is 8.42 Å². The van der Waals surface area contributed by atoms with Gasteiger partial charge in [0.05, 0.1) is 23.2 Å². The standard InChI is InChI=1S/C24H32N4O4S/c1-17(2)33(30,31)27-16-19-13-20(27)15-26(19)22-14-25-28(18-9-5-3-6-10-18)24(29)23(22)32-21-11-7-4-8-12-21/h3,5-6,9-10,14,17,19-21H,4,7-8,11-13,15-16H2,1-2H3. The van der Waals surface area contributed by atoms with Gasteiger partial charge in [0.15, 0.2) is 0 Å². The number of para-hydroxylation sites is 1. The molecule has 2 aromatic rings. The van der Waals surface area contributed by atoms with Crippen LogP contribution in [0.1, 0.15) is 52.4 Å². The van der Waals surface area contributed by atoms with Crippen molar-refractivity contribution in [3.63, 3.8) is 0 Å². The van der Waals surface area contributed by atoms with Gasteiger partial charge in [-0.15, -0.1) is 0 Å². The minimum atomic E-state index is -3.30. The Balaban J connectivity index is 1.49. The molecule has 2 unspecified atom stereocenters. The molecular formula is C24H32N4O4S. The van der Waals surface area contributed by atoms with Crippen molar-refractivity contribution < 1.29 is 13.2 Å². The van der Waals surface area contributed by atoms with Gasteiger partial charge in [0.1, 0.15) is 5.69 Å². The van der Waals surface area contributed by atoms with Crippen molar-refractivity contribution >= 4 is 15.7 Å². The molecule has 1 saturated carbocycles. The zero-order valence-electron chi connectivity index (χ0n) is 19.3. The molecule has 2 atom stereocenters. The Morgan fingerprint density at radius 3 is 2.39 bits per heavy atom. The molecular weight excluding hydrogens is 440 g/mol. The lowest BCUT2D eigenvalue weighted by Crippen LogP contribution is -2.51. The molecule has 3 heterocycles. The van der Waals surface area contributed by atoms with Crippen LogP contribution in [0, 0.1) is 0 Å². The third-order valence-corrected chi connectivity index (χ3v) is 9.47. The van der Waals surface area contributed by atoms with Crippen molar-refractivity contribution in [3.8, 4) is 11.4 Å². The first kappa shape index (κ1) is 22.4. The van der Waals surface area contributed by atoms with Crippen LogP contribution in [0.2, 0.25) is 0 Å². The summed E-state index contributed by atoms with van der Waals surface area (Å²) in [5, 5.41) is 4.04. The van der Waals surface area contributed by atoms with E-state index in [-0.39, 0.29) is 23.7 Å². The van der Waals surface area contributed by atoms with Gasteiger partial charge in [0.2, 0.25) is 15.8 Å². The van der Waals surface area contributed by atoms with E-state index in [4.69, 9.17) is 4.74 Å². The Morgan fingerprint density at radius 1 is 1.03 bits per heavy atom. The topological polar surface area (TPSA) is 84.7 Å². The molecule has 3 fully saturated rings. The number of rotatable bonds is 6. The third-order valence-electron chi connectivity index (χ3n) is 7.17. The maximum atomic E-state index is 13.6. The van der Waals surface area contributed by atoms with Gasteiger partial charge >= 0.3 is 5.56 Å². The Hall–Kier alpha value is -2.39. The zero-order valence-corrected chi connectivity index (χ0v) is 20.1. The molecule has 8 nitrogen and oxygen atoms in total. The third kappa shape index (κ3) is 4.05. The fourth-order valence-electron chi connectivity index (χ4n) is 5.36. The fourth-order valence-corrected chi connectivity index (χ4v) is 6.85. The smallest absolute Gasteiger partial charge is 0.316 e. The van der Waals surface area contributed by atoms with Crippen LogP contribution < -0.4 is 15.2 Å². The predicted molar refractivity (Wildman–Crippen MR) is 128 cm³/mol. The largest absolute Gasteiger partial charge is 0.483 e. The lowest BCUT2D eigenvalue weighted by molar-refractivity contribution is 0.152. The molecule has 9 heteroatoms. The minimum Gasteiger partial charge on any atom is -0.483 e. The first-order valence-electron chi connectivity index (χ1n) is 12.0. The van der Waals surface area contributed by atoms with E-state index in [1.54, 1.807) is 24.3 Å². The molecule has 178 valence electrons. The average Bonchev–Trinajstić information content (AvgIpc) is 3.43. The number of benzene rings is 1. The summed E-state index contributed by atoms with van der Waals surface area (Å²) in [6.07, 6.45) is 7.80. The molecule has 2 aliphatic heterocycles. The molecule has 5 rings (SSSR count). The molecule has 33 heavy (non-hydrogen) atoms. The van der Waals surface area contributed by atoms with E-state index in [1.807, 2.05) is 30.3 Å². The van der Waals surface area contributed by atoms with Crippen LogP contribution in [-0.2, 0) is 10.0 Å². The van der Waals surface area contributed by atoms with Gasteiger partial charge in [0.25, 0.3) is 0 Å². The fraction of sp³-hybridized carbons (Fsp3) is 0.583. The second kappa shape index (κ2) is 8.76. The van der Waals surface area contributed by atoms with E-state index >= 15 is 0 Å². The first-order chi connectivity index (χ1) is 15.9. The second-order valence-electron chi connectivity index (χ2n) is 9.65. The monoisotopic (exact) mass is 472 g/mol. The van der Waals surface area contributed by atoms with E-state index in [1.165, 1.54) is 11.1 Å². The summed E-state index contributed by atoms with van der Waals surface area (Å²) in [5.74, 6) is 0.339. The van der Waals surface area contributed by atoms with E-state index in [9.17, 15) is 13.2 Å². The maximum absolute atomic E-state index is 13.6. The number of anilines is 1. The lowest BCUT2D eigenvalue weighted by Gasteiger charge is -2.36. The van der Waals surface area contributed by atoms with Gasteiger partial charge in [-0.3, -0.25) is 4.79 Å². The zero-order chi connectivity index (χ0) is 23.2. The molecule has 2 saturated heterocycles. The number of hydrogen-bond donors (Lipinski definition) is 0. The number of sulfonamides is 1. The molecule has 0 N–H and O–H groups in total. The van der Waals surface area contributed by atoms with Crippen LogP contribution in [0.3, 0.4) is 0 Å². The number of nitrogens with zero attached hydrogens (tertiary/aromatic N) is 4. The summed E-state index contributed by atoms with van der Waals surface area (Å²) in [4.78, 5) is 15.7. The van der Waals surface area contributed by atoms with Crippen molar-refractivity contribution in [2.24, 2.45) is 0 Å². The van der Waals surface area contributed by atoms with Crippen LogP contribution in [0.15, 0.2) is 41.3 Å². The van der Waals surface area contributed by atoms with Crippen LogP contribution >= 0.6 is 0 Å². The van der Waals surface area contributed by atoms with Crippen molar-refractivity contribution in [1.82, 2.24) is 14.1 Å². The van der Waals surface area contributed by atoms with Crippen molar-refractivity contribution in [1.29, 1.82) is 0 Å². The van der Waals surface area contributed by atoms with Crippen molar-refractivity contribution in [3.05, 3.63) is 46.9 Å². The highest BCUT2D eigenvalue weighted by molar-refractivity contribution is 7.89. The first-order valence-corrected chi connectivity index (χ1v) is 13.5. The highest BCUT2D eigenvalue weighted by Crippen LogP contribution is 2.40. The van der Waals surface area contributed by atoms with Crippen molar-refractivity contribution in [2.75, 3.05) is 18.0 Å². The maximum Gasteiger partial charge on any atom is 0.316 e. The summed E-state index contributed by atoms with van der Waals surface area (Å²) in [6.45, 7) is 4.44. The van der Waals surface area contributed by atoms with E-state index in [2.05, 4.69) is 10.00 Å². The van der Waals surface area contributed by atoms with Gasteiger partial charge in [0, 0.05) is 25.2 Å². The van der Waals surface area contributed by atoms with Gasteiger partial charge in [-0.2, -0.15) is 14.1 Å². The Kier molecular flexibility index (Phi) is 5.95. The molecule has 1 aromatic carbocycles. The average molecular weight is 473 g/mol. The van der Waals surface area contributed by atoms with Crippen molar-refractivity contribution in [2.45, 2.75) is 75.8 Å². The summed E-state index contributed by atoms with van der Waals surface area (Å²) >= 11 is 0. The van der Waals surface area contributed by atoms with Gasteiger partial charge in [-0.1, -0.05) is 24.6 Å². The van der Waals surface area contributed by atoms with Crippen LogP contribution in [0.4, 0.5) is 5.69 Å². The van der Waals surface area contributed by atoms with E-state index < -0.39 is 15.3 Å². The van der Waals surface area contributed by atoms with E-state index in [0.717, 1.165) is 32.1 Å². The number of fused-ring (bicyclic) bond motifs is 2.